The van der Waals surface area contributed by atoms with Crippen LogP contribution < -0.4 is 4.74 Å². The fourth-order valence-corrected chi connectivity index (χ4v) is 1.70. The summed E-state index contributed by atoms with van der Waals surface area (Å²) in [4.78, 5) is 4.36. The molecule has 0 saturated carbocycles. The van der Waals surface area contributed by atoms with E-state index in [1.54, 1.807) is 13.3 Å². The predicted molar refractivity (Wildman–Crippen MR) is 60.9 cm³/mol. The Morgan fingerprint density at radius 3 is 2.93 bits per heavy atom. The normalized spacial score (nSPS) is 19.1. The summed E-state index contributed by atoms with van der Waals surface area (Å²) in [6.45, 7) is 0. The minimum Gasteiger partial charge on any atom is -0.495 e. The van der Waals surface area contributed by atoms with Crippen LogP contribution in [0.5, 0.6) is 5.75 Å². The van der Waals surface area contributed by atoms with Crippen molar-refractivity contribution in [2.45, 2.75) is 12.8 Å². The van der Waals surface area contributed by atoms with Crippen molar-refractivity contribution in [3.8, 4) is 5.75 Å². The van der Waals surface area contributed by atoms with Gasteiger partial charge in [-0.15, -0.1) is 0 Å². The highest BCUT2D eigenvalue weighted by Crippen LogP contribution is 2.17. The summed E-state index contributed by atoms with van der Waals surface area (Å²) in [6, 6.07) is 4.00. The van der Waals surface area contributed by atoms with Crippen LogP contribution in [0, 0.1) is 5.92 Å². The van der Waals surface area contributed by atoms with Gasteiger partial charge in [0.05, 0.1) is 13.3 Å². The zero-order valence-electron chi connectivity index (χ0n) is 8.89. The summed E-state index contributed by atoms with van der Waals surface area (Å²) >= 11 is 0. The van der Waals surface area contributed by atoms with E-state index in [1.165, 1.54) is 0 Å². The van der Waals surface area contributed by atoms with E-state index in [2.05, 4.69) is 29.3 Å². The van der Waals surface area contributed by atoms with Gasteiger partial charge in [0.25, 0.3) is 0 Å². The number of hydrogen-bond donors (Lipinski definition) is 0. The van der Waals surface area contributed by atoms with Crippen molar-refractivity contribution < 1.29 is 4.74 Å². The molecule has 0 radical (unpaired) electrons. The Morgan fingerprint density at radius 2 is 2.33 bits per heavy atom. The Hall–Kier alpha value is -1.57. The van der Waals surface area contributed by atoms with Crippen LogP contribution in [0.25, 0.3) is 0 Å². The van der Waals surface area contributed by atoms with Gasteiger partial charge in [-0.05, 0) is 30.9 Å². The molecule has 15 heavy (non-hydrogen) atoms. The number of ether oxygens (including phenoxy) is 1. The second-order valence-corrected chi connectivity index (χ2v) is 3.70. The minimum absolute atomic E-state index is 0.593. The van der Waals surface area contributed by atoms with Crippen LogP contribution in [0.3, 0.4) is 0 Å². The Kier molecular flexibility index (Phi) is 3.18. The first-order valence-corrected chi connectivity index (χ1v) is 5.21. The van der Waals surface area contributed by atoms with Gasteiger partial charge in [-0.3, -0.25) is 4.98 Å². The van der Waals surface area contributed by atoms with Crippen LogP contribution in [0.4, 0.5) is 0 Å². The lowest BCUT2D eigenvalue weighted by Crippen LogP contribution is -2.03. The van der Waals surface area contributed by atoms with Gasteiger partial charge < -0.3 is 4.74 Å². The molecule has 1 unspecified atom stereocenters. The summed E-state index contributed by atoms with van der Waals surface area (Å²) < 4.78 is 5.07. The minimum atomic E-state index is 0.593. The van der Waals surface area contributed by atoms with Crippen LogP contribution in [0.15, 0.2) is 42.6 Å². The van der Waals surface area contributed by atoms with Crippen molar-refractivity contribution in [1.29, 1.82) is 0 Å². The highest BCUT2D eigenvalue weighted by molar-refractivity contribution is 5.21. The van der Waals surface area contributed by atoms with Crippen LogP contribution in [-0.2, 0) is 6.42 Å². The molecular weight excluding hydrogens is 186 g/mol. The zero-order valence-corrected chi connectivity index (χ0v) is 8.89. The predicted octanol–water partition coefficient (Wildman–Crippen LogP) is 2.77. The molecule has 1 aliphatic rings. The smallest absolute Gasteiger partial charge is 0.137 e. The van der Waals surface area contributed by atoms with Crippen molar-refractivity contribution in [3.63, 3.8) is 0 Å². The molecule has 2 nitrogen and oxygen atoms in total. The van der Waals surface area contributed by atoms with Gasteiger partial charge in [-0.1, -0.05) is 24.3 Å². The number of allylic oxidation sites excluding steroid dienone is 4. The molecule has 0 N–H and O–H groups in total. The van der Waals surface area contributed by atoms with Crippen molar-refractivity contribution in [2.75, 3.05) is 7.11 Å². The zero-order chi connectivity index (χ0) is 10.5. The Bertz CT molecular complexity index is 365. The molecule has 0 amide bonds. The average Bonchev–Trinajstić information content (AvgIpc) is 2.31. The van der Waals surface area contributed by atoms with Crippen LogP contribution in [0.1, 0.15) is 12.1 Å². The molecule has 0 aromatic carbocycles. The molecular formula is C13H15NO. The first-order chi connectivity index (χ1) is 7.38. The highest BCUT2D eigenvalue weighted by atomic mass is 16.5. The molecule has 0 saturated heterocycles. The summed E-state index contributed by atoms with van der Waals surface area (Å²) in [5.41, 5.74) is 1.13. The molecule has 0 fully saturated rings. The maximum atomic E-state index is 5.07. The third kappa shape index (κ3) is 2.69. The summed E-state index contributed by atoms with van der Waals surface area (Å²) in [6.07, 6.45) is 12.5. The van der Waals surface area contributed by atoms with Crippen LogP contribution in [0.2, 0.25) is 0 Å². The monoisotopic (exact) mass is 201 g/mol. The Labute approximate surface area is 90.3 Å². The number of rotatable bonds is 3. The van der Waals surface area contributed by atoms with Crippen molar-refractivity contribution in [1.82, 2.24) is 4.98 Å². The number of nitrogens with zero attached hydrogens (tertiary/aromatic N) is 1. The number of pyridine rings is 1. The van der Waals surface area contributed by atoms with Gasteiger partial charge in [0.15, 0.2) is 0 Å². The molecule has 1 aromatic heterocycles. The molecule has 0 bridgehead atoms. The van der Waals surface area contributed by atoms with E-state index in [0.29, 0.717) is 5.92 Å². The quantitative estimate of drug-likeness (QED) is 0.750. The third-order valence-corrected chi connectivity index (χ3v) is 2.57. The maximum absolute atomic E-state index is 5.07. The van der Waals surface area contributed by atoms with Crippen LogP contribution >= 0.6 is 0 Å². The van der Waals surface area contributed by atoms with E-state index >= 15 is 0 Å². The number of hydrogen-bond acceptors (Lipinski definition) is 2. The fourth-order valence-electron chi connectivity index (χ4n) is 1.70. The molecule has 2 rings (SSSR count). The lowest BCUT2D eigenvalue weighted by atomic mass is 9.95. The second kappa shape index (κ2) is 4.78. The SMILES string of the molecule is COc1ccc(CC2C=CC=CC2)nc1. The molecule has 0 spiro atoms. The van der Waals surface area contributed by atoms with E-state index < -0.39 is 0 Å². The average molecular weight is 201 g/mol. The highest BCUT2D eigenvalue weighted by Gasteiger charge is 2.07. The first kappa shape index (κ1) is 9.97. The fraction of sp³-hybridized carbons (Fsp3) is 0.308. The van der Waals surface area contributed by atoms with Gasteiger partial charge in [0.1, 0.15) is 5.75 Å². The first-order valence-electron chi connectivity index (χ1n) is 5.21. The summed E-state index contributed by atoms with van der Waals surface area (Å²) in [5.74, 6) is 1.41. The van der Waals surface area contributed by atoms with E-state index in [0.717, 1.165) is 24.3 Å². The van der Waals surface area contributed by atoms with Crippen LogP contribution in [-0.4, -0.2) is 12.1 Å². The van der Waals surface area contributed by atoms with Gasteiger partial charge >= 0.3 is 0 Å². The van der Waals surface area contributed by atoms with Gasteiger partial charge in [0.2, 0.25) is 0 Å². The van der Waals surface area contributed by atoms with Crippen molar-refractivity contribution in [2.24, 2.45) is 5.92 Å². The lowest BCUT2D eigenvalue weighted by Gasteiger charge is -2.12. The van der Waals surface area contributed by atoms with E-state index in [1.807, 2.05) is 12.1 Å². The topological polar surface area (TPSA) is 22.1 Å². The largest absolute Gasteiger partial charge is 0.495 e. The van der Waals surface area contributed by atoms with Crippen molar-refractivity contribution >= 4 is 0 Å². The van der Waals surface area contributed by atoms with E-state index in [-0.39, 0.29) is 0 Å². The van der Waals surface area contributed by atoms with Crippen molar-refractivity contribution in [3.05, 3.63) is 48.3 Å². The number of aromatic nitrogens is 1. The summed E-state index contributed by atoms with van der Waals surface area (Å²) in [7, 11) is 1.66. The lowest BCUT2D eigenvalue weighted by molar-refractivity contribution is 0.412. The van der Waals surface area contributed by atoms with E-state index in [9.17, 15) is 0 Å². The third-order valence-electron chi connectivity index (χ3n) is 2.57. The van der Waals surface area contributed by atoms with Gasteiger partial charge in [0, 0.05) is 5.69 Å². The maximum Gasteiger partial charge on any atom is 0.137 e. The molecule has 1 atom stereocenters. The van der Waals surface area contributed by atoms with E-state index in [4.69, 9.17) is 4.74 Å². The number of methoxy groups -OCH3 is 1. The van der Waals surface area contributed by atoms with Gasteiger partial charge in [-0.25, -0.2) is 0 Å². The molecule has 1 aliphatic carbocycles. The molecule has 78 valence electrons. The van der Waals surface area contributed by atoms with Gasteiger partial charge in [-0.2, -0.15) is 0 Å². The molecule has 1 heterocycles. The standard InChI is InChI=1S/C13H15NO/c1-15-13-8-7-12(14-10-13)9-11-5-3-2-4-6-11/h2-5,7-8,10-11H,6,9H2,1H3. The summed E-state index contributed by atoms with van der Waals surface area (Å²) in [5, 5.41) is 0. The molecule has 1 aromatic rings. The Morgan fingerprint density at radius 1 is 1.40 bits per heavy atom. The molecule has 2 heteroatoms. The molecule has 0 aliphatic heterocycles. The Balaban J connectivity index is 1.98. The second-order valence-electron chi connectivity index (χ2n) is 3.70.